The Hall–Kier alpha value is -0.790. The minimum absolute atomic E-state index is 0.401. The van der Waals surface area contributed by atoms with Gasteiger partial charge in [-0.25, -0.2) is 0 Å². The molecule has 5 atom stereocenters. The Morgan fingerprint density at radius 3 is 3.00 bits per heavy atom. The van der Waals surface area contributed by atoms with Crippen molar-refractivity contribution in [3.63, 3.8) is 0 Å². The number of fused-ring (bicyclic) bond motifs is 5. The van der Waals surface area contributed by atoms with Gasteiger partial charge in [-0.2, -0.15) is 0 Å². The molecular weight excluding hydrogens is 176 g/mol. The number of rotatable bonds is 2. The third-order valence-electron chi connectivity index (χ3n) is 4.58. The number of carboxylic acids is 1. The molecule has 0 aromatic heterocycles. The number of hydrogen-bond donors (Lipinski definition) is 1. The van der Waals surface area contributed by atoms with Crippen LogP contribution in [0.4, 0.5) is 0 Å². The Labute approximate surface area is 84.0 Å². The number of allylic oxidation sites excluding steroid dienone is 2. The highest BCUT2D eigenvalue weighted by Crippen LogP contribution is 2.59. The molecule has 2 saturated carbocycles. The van der Waals surface area contributed by atoms with E-state index in [0.717, 1.165) is 17.8 Å². The van der Waals surface area contributed by atoms with Crippen LogP contribution in [-0.4, -0.2) is 11.1 Å². The Morgan fingerprint density at radius 2 is 2.21 bits per heavy atom. The fourth-order valence-electron chi connectivity index (χ4n) is 4.14. The van der Waals surface area contributed by atoms with Crippen molar-refractivity contribution in [2.24, 2.45) is 29.6 Å². The summed E-state index contributed by atoms with van der Waals surface area (Å²) in [5.74, 6) is 3.01. The number of carbonyl (C=O) groups is 1. The molecule has 0 unspecified atom stereocenters. The van der Waals surface area contributed by atoms with E-state index in [4.69, 9.17) is 5.11 Å². The summed E-state index contributed by atoms with van der Waals surface area (Å²) in [7, 11) is 0. The van der Waals surface area contributed by atoms with Crippen LogP contribution in [0.15, 0.2) is 12.2 Å². The van der Waals surface area contributed by atoms with Gasteiger partial charge in [-0.1, -0.05) is 12.2 Å². The Kier molecular flexibility index (Phi) is 1.73. The van der Waals surface area contributed by atoms with Crippen molar-refractivity contribution in [2.75, 3.05) is 0 Å². The minimum atomic E-state index is -0.610. The quantitative estimate of drug-likeness (QED) is 0.682. The van der Waals surface area contributed by atoms with Crippen molar-refractivity contribution >= 4 is 5.97 Å². The first-order valence-electron chi connectivity index (χ1n) is 5.64. The van der Waals surface area contributed by atoms with E-state index in [2.05, 4.69) is 12.2 Å². The fraction of sp³-hybridized carbons (Fsp3) is 0.750. The molecule has 2 nitrogen and oxygen atoms in total. The van der Waals surface area contributed by atoms with Gasteiger partial charge in [0.15, 0.2) is 0 Å². The summed E-state index contributed by atoms with van der Waals surface area (Å²) in [5.41, 5.74) is 0. The lowest BCUT2D eigenvalue weighted by molar-refractivity contribution is -0.138. The third-order valence-corrected chi connectivity index (χ3v) is 4.58. The number of hydrogen-bond acceptors (Lipinski definition) is 1. The molecule has 2 fully saturated rings. The summed E-state index contributed by atoms with van der Waals surface area (Å²) in [6, 6.07) is 0. The van der Waals surface area contributed by atoms with Gasteiger partial charge in [0.25, 0.3) is 0 Å². The molecule has 76 valence electrons. The first-order chi connectivity index (χ1) is 6.75. The van der Waals surface area contributed by atoms with Crippen molar-refractivity contribution in [1.29, 1.82) is 0 Å². The topological polar surface area (TPSA) is 37.3 Å². The van der Waals surface area contributed by atoms with Gasteiger partial charge < -0.3 is 5.11 Å². The molecule has 3 aliphatic carbocycles. The highest BCUT2D eigenvalue weighted by molar-refractivity contribution is 5.67. The van der Waals surface area contributed by atoms with Crippen LogP contribution in [-0.2, 0) is 4.79 Å². The summed E-state index contributed by atoms with van der Waals surface area (Å²) < 4.78 is 0. The van der Waals surface area contributed by atoms with Gasteiger partial charge in [-0.3, -0.25) is 4.79 Å². The molecule has 0 spiro atoms. The zero-order valence-corrected chi connectivity index (χ0v) is 8.23. The highest BCUT2D eigenvalue weighted by atomic mass is 16.4. The monoisotopic (exact) mass is 192 g/mol. The lowest BCUT2D eigenvalue weighted by Gasteiger charge is -2.30. The van der Waals surface area contributed by atoms with Crippen LogP contribution in [0, 0.1) is 29.6 Å². The van der Waals surface area contributed by atoms with E-state index >= 15 is 0 Å². The maximum atomic E-state index is 10.7. The second-order valence-electron chi connectivity index (χ2n) is 5.16. The molecule has 0 radical (unpaired) electrons. The van der Waals surface area contributed by atoms with Gasteiger partial charge in [0.05, 0.1) is 0 Å². The fourth-order valence-corrected chi connectivity index (χ4v) is 4.14. The maximum absolute atomic E-state index is 10.7. The first-order valence-corrected chi connectivity index (χ1v) is 5.64. The molecule has 3 aliphatic rings. The Morgan fingerprint density at radius 1 is 1.36 bits per heavy atom. The average molecular weight is 192 g/mol. The van der Waals surface area contributed by atoms with Crippen LogP contribution < -0.4 is 0 Å². The van der Waals surface area contributed by atoms with Crippen molar-refractivity contribution in [1.82, 2.24) is 0 Å². The summed E-state index contributed by atoms with van der Waals surface area (Å²) in [6.45, 7) is 0. The van der Waals surface area contributed by atoms with Gasteiger partial charge in [-0.05, 0) is 48.9 Å². The average Bonchev–Trinajstić information content (AvgIpc) is 2.68. The second-order valence-corrected chi connectivity index (χ2v) is 5.16. The Balaban J connectivity index is 1.76. The molecule has 2 heteroatoms. The summed E-state index contributed by atoms with van der Waals surface area (Å²) in [4.78, 5) is 10.7. The normalized spacial score (nSPS) is 48.4. The largest absolute Gasteiger partial charge is 0.481 e. The molecular formula is C12H16O2. The van der Waals surface area contributed by atoms with Gasteiger partial charge in [-0.15, -0.1) is 0 Å². The van der Waals surface area contributed by atoms with E-state index in [-0.39, 0.29) is 0 Å². The molecule has 1 N–H and O–H groups in total. The molecule has 0 aromatic carbocycles. The maximum Gasteiger partial charge on any atom is 0.303 e. The minimum Gasteiger partial charge on any atom is -0.481 e. The van der Waals surface area contributed by atoms with E-state index in [9.17, 15) is 4.79 Å². The van der Waals surface area contributed by atoms with E-state index in [1.54, 1.807) is 0 Å². The standard InChI is InChI=1S/C12H16O2/c13-12(14)6-8-4-7-5-11(8)10-3-1-2-9(7)10/h1,3,7-11H,2,4-6H2,(H,13,14)/t7-,8-,9+,10+,11+/m0/s1. The Bertz CT molecular complexity index is 295. The molecule has 0 heterocycles. The predicted molar refractivity (Wildman–Crippen MR) is 52.7 cm³/mol. The molecule has 2 bridgehead atoms. The van der Waals surface area contributed by atoms with E-state index in [1.165, 1.54) is 19.3 Å². The summed E-state index contributed by atoms with van der Waals surface area (Å²) in [5, 5.41) is 8.82. The molecule has 0 aliphatic heterocycles. The van der Waals surface area contributed by atoms with Crippen molar-refractivity contribution in [2.45, 2.75) is 25.7 Å². The molecule has 3 rings (SSSR count). The lowest BCUT2D eigenvalue weighted by Crippen LogP contribution is -2.25. The molecule has 14 heavy (non-hydrogen) atoms. The van der Waals surface area contributed by atoms with Crippen LogP contribution >= 0.6 is 0 Å². The SMILES string of the molecule is O=C(O)C[C@@H]1C[C@H]2C[C@H]1[C@@H]1C=CC[C@H]21. The number of carboxylic acid groups (broad SMARTS) is 1. The third kappa shape index (κ3) is 1.06. The van der Waals surface area contributed by atoms with E-state index < -0.39 is 5.97 Å². The van der Waals surface area contributed by atoms with Gasteiger partial charge in [0.2, 0.25) is 0 Å². The smallest absolute Gasteiger partial charge is 0.303 e. The van der Waals surface area contributed by atoms with Crippen LogP contribution in [0.25, 0.3) is 0 Å². The van der Waals surface area contributed by atoms with E-state index in [0.29, 0.717) is 18.3 Å². The van der Waals surface area contributed by atoms with Gasteiger partial charge in [0.1, 0.15) is 0 Å². The second kappa shape index (κ2) is 2.85. The van der Waals surface area contributed by atoms with Crippen LogP contribution in [0.1, 0.15) is 25.7 Å². The number of aliphatic carboxylic acids is 1. The molecule has 0 saturated heterocycles. The highest BCUT2D eigenvalue weighted by Gasteiger charge is 2.52. The van der Waals surface area contributed by atoms with Crippen LogP contribution in [0.3, 0.4) is 0 Å². The van der Waals surface area contributed by atoms with Crippen LogP contribution in [0.2, 0.25) is 0 Å². The van der Waals surface area contributed by atoms with Crippen molar-refractivity contribution < 1.29 is 9.90 Å². The van der Waals surface area contributed by atoms with Gasteiger partial charge >= 0.3 is 5.97 Å². The molecule has 0 amide bonds. The zero-order chi connectivity index (χ0) is 9.71. The summed E-state index contributed by atoms with van der Waals surface area (Å²) in [6.07, 6.45) is 8.79. The summed E-state index contributed by atoms with van der Waals surface area (Å²) >= 11 is 0. The van der Waals surface area contributed by atoms with Crippen molar-refractivity contribution in [3.8, 4) is 0 Å². The van der Waals surface area contributed by atoms with Crippen LogP contribution in [0.5, 0.6) is 0 Å². The predicted octanol–water partition coefficient (Wildman–Crippen LogP) is 2.31. The lowest BCUT2D eigenvalue weighted by atomic mass is 9.74. The van der Waals surface area contributed by atoms with Crippen molar-refractivity contribution in [3.05, 3.63) is 12.2 Å². The van der Waals surface area contributed by atoms with Gasteiger partial charge in [0, 0.05) is 6.42 Å². The first kappa shape index (κ1) is 8.51. The molecule has 0 aromatic rings. The van der Waals surface area contributed by atoms with E-state index in [1.807, 2.05) is 0 Å². The zero-order valence-electron chi connectivity index (χ0n) is 8.23.